The highest BCUT2D eigenvalue weighted by atomic mass is 19.1. The van der Waals surface area contributed by atoms with E-state index >= 15 is 0 Å². The number of hydrogen-bond donors (Lipinski definition) is 1. The minimum atomic E-state index is -0.348. The molecule has 6 nitrogen and oxygen atoms in total. The molecule has 1 N–H and O–H groups in total. The highest BCUT2D eigenvalue weighted by Crippen LogP contribution is 2.26. The van der Waals surface area contributed by atoms with E-state index in [0.717, 1.165) is 24.2 Å². The van der Waals surface area contributed by atoms with E-state index in [2.05, 4.69) is 5.16 Å². The lowest BCUT2D eigenvalue weighted by atomic mass is 10.0. The number of piperazine rings is 1. The third-order valence-corrected chi connectivity index (χ3v) is 5.55. The fourth-order valence-corrected chi connectivity index (χ4v) is 3.89. The smallest absolute Gasteiger partial charge is 0.260 e. The molecule has 0 aliphatic carbocycles. The number of benzene rings is 2. The van der Waals surface area contributed by atoms with Crippen molar-refractivity contribution in [3.63, 3.8) is 0 Å². The lowest BCUT2D eigenvalue weighted by Gasteiger charge is -2.32. The highest BCUT2D eigenvalue weighted by Gasteiger charge is 2.30. The minimum Gasteiger partial charge on any atom is -0.494 e. The SMILES string of the molecule is COc1ccc(C[NH+]2CCN(C(=O)c3c(-c4ccccc4)noc3C)CC2)cc1F. The summed E-state index contributed by atoms with van der Waals surface area (Å²) in [6.45, 7) is 5.34. The summed E-state index contributed by atoms with van der Waals surface area (Å²) in [5.41, 5.74) is 2.90. The van der Waals surface area contributed by atoms with Crippen LogP contribution in [-0.2, 0) is 6.54 Å². The van der Waals surface area contributed by atoms with Crippen LogP contribution >= 0.6 is 0 Å². The van der Waals surface area contributed by atoms with Gasteiger partial charge in [-0.2, -0.15) is 0 Å². The van der Waals surface area contributed by atoms with Crippen LogP contribution in [0.4, 0.5) is 4.39 Å². The van der Waals surface area contributed by atoms with Gasteiger partial charge in [0.15, 0.2) is 11.6 Å². The fraction of sp³-hybridized carbons (Fsp3) is 0.304. The number of ether oxygens (including phenoxy) is 1. The fourth-order valence-electron chi connectivity index (χ4n) is 3.89. The van der Waals surface area contributed by atoms with Crippen LogP contribution in [0.15, 0.2) is 53.1 Å². The van der Waals surface area contributed by atoms with Crippen LogP contribution in [0.5, 0.6) is 5.75 Å². The number of carbonyl (C=O) groups excluding carboxylic acids is 1. The maximum Gasteiger partial charge on any atom is 0.260 e. The molecule has 2 heterocycles. The topological polar surface area (TPSA) is 60.0 Å². The molecule has 0 bridgehead atoms. The van der Waals surface area contributed by atoms with E-state index in [1.165, 1.54) is 18.1 Å². The minimum absolute atomic E-state index is 0.0536. The summed E-state index contributed by atoms with van der Waals surface area (Å²) >= 11 is 0. The Kier molecular flexibility index (Phi) is 5.81. The van der Waals surface area contributed by atoms with Crippen LogP contribution in [0.1, 0.15) is 21.7 Å². The van der Waals surface area contributed by atoms with Crippen molar-refractivity contribution in [3.05, 3.63) is 71.2 Å². The molecule has 1 aromatic heterocycles. The molecule has 1 amide bonds. The first-order valence-electron chi connectivity index (χ1n) is 10.0. The molecule has 4 rings (SSSR count). The Labute approximate surface area is 174 Å². The molecule has 1 fully saturated rings. The lowest BCUT2D eigenvalue weighted by molar-refractivity contribution is -0.917. The first-order valence-corrected chi connectivity index (χ1v) is 10.0. The van der Waals surface area contributed by atoms with Crippen LogP contribution in [0.25, 0.3) is 11.3 Å². The second kappa shape index (κ2) is 8.67. The number of nitrogens with zero attached hydrogens (tertiary/aromatic N) is 2. The summed E-state index contributed by atoms with van der Waals surface area (Å²) in [6, 6.07) is 14.7. The van der Waals surface area contributed by atoms with Crippen LogP contribution in [0, 0.1) is 12.7 Å². The van der Waals surface area contributed by atoms with Crippen LogP contribution in [-0.4, -0.2) is 49.3 Å². The van der Waals surface area contributed by atoms with Gasteiger partial charge in [-0.15, -0.1) is 0 Å². The Morgan fingerprint density at radius 2 is 1.93 bits per heavy atom. The molecular weight excluding hydrogens is 385 g/mol. The average molecular weight is 410 g/mol. The number of carbonyl (C=O) groups is 1. The summed E-state index contributed by atoms with van der Waals surface area (Å²) in [7, 11) is 1.46. The number of nitrogens with one attached hydrogen (secondary N) is 1. The van der Waals surface area contributed by atoms with Crippen LogP contribution in [0.3, 0.4) is 0 Å². The van der Waals surface area contributed by atoms with Crippen molar-refractivity contribution in [2.24, 2.45) is 0 Å². The maximum atomic E-state index is 13.9. The summed E-state index contributed by atoms with van der Waals surface area (Å²) in [6.07, 6.45) is 0. The quantitative estimate of drug-likeness (QED) is 0.702. The van der Waals surface area contributed by atoms with Crippen molar-refractivity contribution in [2.45, 2.75) is 13.5 Å². The van der Waals surface area contributed by atoms with Gasteiger partial charge in [0.1, 0.15) is 23.6 Å². The molecule has 3 aromatic rings. The average Bonchev–Trinajstić information content (AvgIpc) is 3.16. The van der Waals surface area contributed by atoms with Crippen molar-refractivity contribution in [2.75, 3.05) is 33.3 Å². The highest BCUT2D eigenvalue weighted by molar-refractivity contribution is 6.00. The maximum absolute atomic E-state index is 13.9. The van der Waals surface area contributed by atoms with Gasteiger partial charge in [-0.3, -0.25) is 4.79 Å². The first-order chi connectivity index (χ1) is 14.6. The Hall–Kier alpha value is -3.19. The Bertz CT molecular complexity index is 1030. The van der Waals surface area contributed by atoms with E-state index in [1.807, 2.05) is 41.3 Å². The normalized spacial score (nSPS) is 14.7. The van der Waals surface area contributed by atoms with Gasteiger partial charge < -0.3 is 19.1 Å². The van der Waals surface area contributed by atoms with E-state index in [-0.39, 0.29) is 17.5 Å². The lowest BCUT2D eigenvalue weighted by Crippen LogP contribution is -3.13. The van der Waals surface area contributed by atoms with Gasteiger partial charge in [0.05, 0.1) is 33.3 Å². The molecular formula is C23H25FN3O3+. The molecule has 1 aliphatic rings. The van der Waals surface area contributed by atoms with E-state index in [4.69, 9.17) is 9.26 Å². The molecule has 0 saturated carbocycles. The van der Waals surface area contributed by atoms with E-state index < -0.39 is 0 Å². The van der Waals surface area contributed by atoms with Gasteiger partial charge in [0.25, 0.3) is 5.91 Å². The zero-order valence-electron chi connectivity index (χ0n) is 17.2. The standard InChI is InChI=1S/C23H24FN3O3/c1-16-21(22(25-30-16)18-6-4-3-5-7-18)23(28)27-12-10-26(11-13-27)15-17-8-9-20(29-2)19(24)14-17/h3-9,14H,10-13,15H2,1-2H3/p+1. The molecule has 30 heavy (non-hydrogen) atoms. The largest absolute Gasteiger partial charge is 0.494 e. The third-order valence-electron chi connectivity index (χ3n) is 5.55. The number of methoxy groups -OCH3 is 1. The second-order valence-electron chi connectivity index (χ2n) is 7.52. The predicted molar refractivity (Wildman–Crippen MR) is 110 cm³/mol. The number of quaternary nitrogens is 1. The van der Waals surface area contributed by atoms with Gasteiger partial charge in [-0.1, -0.05) is 35.5 Å². The zero-order chi connectivity index (χ0) is 21.1. The number of halogens is 1. The Morgan fingerprint density at radius 3 is 2.60 bits per heavy atom. The molecule has 0 atom stereocenters. The monoisotopic (exact) mass is 410 g/mol. The van der Waals surface area contributed by atoms with Crippen LogP contribution < -0.4 is 9.64 Å². The van der Waals surface area contributed by atoms with Crippen molar-refractivity contribution in [1.82, 2.24) is 10.1 Å². The molecule has 0 radical (unpaired) electrons. The van der Waals surface area contributed by atoms with Crippen molar-refractivity contribution in [3.8, 4) is 17.0 Å². The molecule has 0 spiro atoms. The summed E-state index contributed by atoms with van der Waals surface area (Å²) < 4.78 is 24.3. The summed E-state index contributed by atoms with van der Waals surface area (Å²) in [4.78, 5) is 16.4. The molecule has 1 saturated heterocycles. The predicted octanol–water partition coefficient (Wildman–Crippen LogP) is 2.34. The summed E-state index contributed by atoms with van der Waals surface area (Å²) in [5, 5.41) is 4.12. The summed E-state index contributed by atoms with van der Waals surface area (Å²) in [5.74, 6) is 0.381. The van der Waals surface area contributed by atoms with Crippen molar-refractivity contribution < 1.29 is 23.3 Å². The van der Waals surface area contributed by atoms with Gasteiger partial charge in [-0.25, -0.2) is 4.39 Å². The zero-order valence-corrected chi connectivity index (χ0v) is 17.2. The van der Waals surface area contributed by atoms with Crippen molar-refractivity contribution >= 4 is 5.91 Å². The molecule has 7 heteroatoms. The molecule has 2 aromatic carbocycles. The Balaban J connectivity index is 1.42. The number of aryl methyl sites for hydroxylation is 1. The van der Waals surface area contributed by atoms with E-state index in [9.17, 15) is 9.18 Å². The van der Waals surface area contributed by atoms with Gasteiger partial charge in [0, 0.05) is 11.1 Å². The van der Waals surface area contributed by atoms with Crippen LogP contribution in [0.2, 0.25) is 0 Å². The number of rotatable bonds is 5. The first kappa shape index (κ1) is 20.1. The number of aromatic nitrogens is 1. The number of amides is 1. The van der Waals surface area contributed by atoms with Crippen molar-refractivity contribution in [1.29, 1.82) is 0 Å². The molecule has 0 unspecified atom stereocenters. The van der Waals surface area contributed by atoms with Gasteiger partial charge in [0.2, 0.25) is 0 Å². The van der Waals surface area contributed by atoms with Gasteiger partial charge in [-0.05, 0) is 25.1 Å². The van der Waals surface area contributed by atoms with E-state index in [1.54, 1.807) is 13.0 Å². The molecule has 156 valence electrons. The number of hydrogen-bond acceptors (Lipinski definition) is 4. The Morgan fingerprint density at radius 1 is 1.20 bits per heavy atom. The van der Waals surface area contributed by atoms with E-state index in [0.29, 0.717) is 36.7 Å². The van der Waals surface area contributed by atoms with Gasteiger partial charge >= 0.3 is 0 Å². The second-order valence-corrected chi connectivity index (χ2v) is 7.52. The molecule has 1 aliphatic heterocycles. The third kappa shape index (κ3) is 4.07.